The topological polar surface area (TPSA) is 21.3 Å². The van der Waals surface area contributed by atoms with Crippen LogP contribution in [0.4, 0.5) is 0 Å². The van der Waals surface area contributed by atoms with Crippen LogP contribution in [0.25, 0.3) is 0 Å². The lowest BCUT2D eigenvalue weighted by molar-refractivity contribution is 0.307. The summed E-state index contributed by atoms with van der Waals surface area (Å²) >= 11 is 0. The zero-order chi connectivity index (χ0) is 14.6. The van der Waals surface area contributed by atoms with E-state index in [0.29, 0.717) is 17.5 Å². The van der Waals surface area contributed by atoms with Crippen molar-refractivity contribution in [2.75, 3.05) is 7.11 Å². The Morgan fingerprint density at radius 2 is 2.05 bits per heavy atom. The van der Waals surface area contributed by atoms with Crippen molar-refractivity contribution >= 4 is 0 Å². The molecule has 2 nitrogen and oxygen atoms in total. The summed E-state index contributed by atoms with van der Waals surface area (Å²) in [7, 11) is 1.73. The first-order valence-electron chi connectivity index (χ1n) is 7.90. The molecule has 20 heavy (non-hydrogen) atoms. The first-order valence-corrected chi connectivity index (χ1v) is 7.90. The van der Waals surface area contributed by atoms with Gasteiger partial charge in [-0.1, -0.05) is 32.4 Å². The third-order valence-corrected chi connectivity index (χ3v) is 4.66. The maximum Gasteiger partial charge on any atom is 0.119 e. The Bertz CT molecular complexity index is 427. The van der Waals surface area contributed by atoms with E-state index < -0.39 is 0 Å². The van der Waals surface area contributed by atoms with Gasteiger partial charge in [-0.25, -0.2) is 0 Å². The molecular weight excluding hydrogens is 246 g/mol. The van der Waals surface area contributed by atoms with Crippen molar-refractivity contribution in [3.05, 3.63) is 29.8 Å². The van der Waals surface area contributed by atoms with Crippen molar-refractivity contribution in [3.8, 4) is 5.75 Å². The standard InChI is InChI=1S/C18H29NO/c1-14(15-7-5-9-17(13-15)20-4)19-16-8-6-11-18(2,3)12-10-16/h5,7,9,13-14,16,19H,6,8,10-12H2,1-4H3/t14-,16?/m0/s1. The van der Waals surface area contributed by atoms with Crippen LogP contribution in [-0.4, -0.2) is 13.2 Å². The van der Waals surface area contributed by atoms with Crippen LogP contribution in [0.5, 0.6) is 5.75 Å². The average Bonchev–Trinajstić information content (AvgIpc) is 2.60. The highest BCUT2D eigenvalue weighted by molar-refractivity contribution is 5.30. The Kier molecular flexibility index (Phi) is 5.09. The highest BCUT2D eigenvalue weighted by atomic mass is 16.5. The Labute approximate surface area is 123 Å². The lowest BCUT2D eigenvalue weighted by Gasteiger charge is -2.24. The van der Waals surface area contributed by atoms with E-state index in [1.807, 2.05) is 6.07 Å². The summed E-state index contributed by atoms with van der Waals surface area (Å²) in [4.78, 5) is 0. The molecule has 1 saturated carbocycles. The zero-order valence-corrected chi connectivity index (χ0v) is 13.4. The molecule has 112 valence electrons. The van der Waals surface area contributed by atoms with Crippen LogP contribution in [0.3, 0.4) is 0 Å². The fraction of sp³-hybridized carbons (Fsp3) is 0.667. The van der Waals surface area contributed by atoms with Crippen LogP contribution in [0.1, 0.15) is 64.5 Å². The molecule has 1 N–H and O–H groups in total. The minimum absolute atomic E-state index is 0.385. The molecule has 2 atom stereocenters. The maximum absolute atomic E-state index is 5.31. The molecule has 0 aliphatic heterocycles. The van der Waals surface area contributed by atoms with Crippen molar-refractivity contribution in [3.63, 3.8) is 0 Å². The van der Waals surface area contributed by atoms with E-state index in [2.05, 4.69) is 44.3 Å². The monoisotopic (exact) mass is 275 g/mol. The summed E-state index contributed by atoms with van der Waals surface area (Å²) < 4.78 is 5.31. The predicted molar refractivity (Wildman–Crippen MR) is 85.2 cm³/mol. The molecule has 1 aliphatic carbocycles. The van der Waals surface area contributed by atoms with Crippen LogP contribution in [-0.2, 0) is 0 Å². The van der Waals surface area contributed by atoms with E-state index in [1.165, 1.54) is 37.7 Å². The number of hydrogen-bond acceptors (Lipinski definition) is 2. The van der Waals surface area contributed by atoms with Gasteiger partial charge in [0.05, 0.1) is 7.11 Å². The molecule has 0 amide bonds. The molecular formula is C18H29NO. The first kappa shape index (κ1) is 15.4. The third-order valence-electron chi connectivity index (χ3n) is 4.66. The second-order valence-corrected chi connectivity index (χ2v) is 6.96. The minimum Gasteiger partial charge on any atom is -0.497 e. The lowest BCUT2D eigenvalue weighted by atomic mass is 9.85. The van der Waals surface area contributed by atoms with Crippen LogP contribution in [0, 0.1) is 5.41 Å². The van der Waals surface area contributed by atoms with Gasteiger partial charge in [0, 0.05) is 12.1 Å². The summed E-state index contributed by atoms with van der Waals surface area (Å²) in [5.74, 6) is 0.943. The van der Waals surface area contributed by atoms with Gasteiger partial charge in [-0.3, -0.25) is 0 Å². The number of ether oxygens (including phenoxy) is 1. The molecule has 1 unspecified atom stereocenters. The molecule has 1 fully saturated rings. The fourth-order valence-corrected chi connectivity index (χ4v) is 3.19. The third kappa shape index (κ3) is 4.24. The van der Waals surface area contributed by atoms with Crippen LogP contribution in [0.2, 0.25) is 0 Å². The van der Waals surface area contributed by atoms with Gasteiger partial charge in [0.1, 0.15) is 5.75 Å². The van der Waals surface area contributed by atoms with Crippen molar-refractivity contribution < 1.29 is 4.74 Å². The van der Waals surface area contributed by atoms with Gasteiger partial charge in [0.15, 0.2) is 0 Å². The molecule has 0 spiro atoms. The van der Waals surface area contributed by atoms with Gasteiger partial charge < -0.3 is 10.1 Å². The highest BCUT2D eigenvalue weighted by Gasteiger charge is 2.25. The van der Waals surface area contributed by atoms with Crippen molar-refractivity contribution in [1.82, 2.24) is 5.32 Å². The van der Waals surface area contributed by atoms with Gasteiger partial charge in [0.25, 0.3) is 0 Å². The van der Waals surface area contributed by atoms with E-state index in [-0.39, 0.29) is 0 Å². The van der Waals surface area contributed by atoms with Gasteiger partial charge in [0.2, 0.25) is 0 Å². The Balaban J connectivity index is 1.95. The van der Waals surface area contributed by atoms with E-state index in [4.69, 9.17) is 4.74 Å². The van der Waals surface area contributed by atoms with E-state index in [9.17, 15) is 0 Å². The molecule has 2 rings (SSSR count). The summed E-state index contributed by atoms with van der Waals surface area (Å²) in [5, 5.41) is 3.81. The Morgan fingerprint density at radius 3 is 2.80 bits per heavy atom. The van der Waals surface area contributed by atoms with Gasteiger partial charge in [-0.05, 0) is 55.7 Å². The molecule has 1 aromatic rings. The van der Waals surface area contributed by atoms with Gasteiger partial charge in [-0.2, -0.15) is 0 Å². The maximum atomic E-state index is 5.31. The lowest BCUT2D eigenvalue weighted by Crippen LogP contribution is -2.31. The van der Waals surface area contributed by atoms with E-state index in [1.54, 1.807) is 7.11 Å². The van der Waals surface area contributed by atoms with Crippen molar-refractivity contribution in [1.29, 1.82) is 0 Å². The van der Waals surface area contributed by atoms with Crippen molar-refractivity contribution in [2.45, 2.75) is 65.0 Å². The number of benzene rings is 1. The first-order chi connectivity index (χ1) is 9.50. The minimum atomic E-state index is 0.385. The molecule has 0 radical (unpaired) electrons. The fourth-order valence-electron chi connectivity index (χ4n) is 3.19. The van der Waals surface area contributed by atoms with Crippen LogP contribution in [0.15, 0.2) is 24.3 Å². The number of rotatable bonds is 4. The largest absolute Gasteiger partial charge is 0.497 e. The Morgan fingerprint density at radius 1 is 1.25 bits per heavy atom. The van der Waals surface area contributed by atoms with Crippen molar-refractivity contribution in [2.24, 2.45) is 5.41 Å². The molecule has 1 aliphatic rings. The van der Waals surface area contributed by atoms with Gasteiger partial charge in [-0.15, -0.1) is 0 Å². The summed E-state index contributed by atoms with van der Waals surface area (Å²) in [6.45, 7) is 7.06. The normalized spacial score (nSPS) is 23.9. The highest BCUT2D eigenvalue weighted by Crippen LogP contribution is 2.34. The zero-order valence-electron chi connectivity index (χ0n) is 13.4. The predicted octanol–water partition coefficient (Wildman–Crippen LogP) is 4.70. The Hall–Kier alpha value is -1.02. The molecule has 2 heteroatoms. The summed E-state index contributed by atoms with van der Waals surface area (Å²) in [5.41, 5.74) is 1.84. The van der Waals surface area contributed by atoms with Crippen LogP contribution < -0.4 is 10.1 Å². The number of nitrogens with one attached hydrogen (secondary N) is 1. The summed E-state index contributed by atoms with van der Waals surface area (Å²) in [6, 6.07) is 9.43. The molecule has 0 aromatic heterocycles. The SMILES string of the molecule is COc1cccc([C@H](C)NC2CCCC(C)(C)CC2)c1. The van der Waals surface area contributed by atoms with E-state index >= 15 is 0 Å². The van der Waals surface area contributed by atoms with Crippen LogP contribution >= 0.6 is 0 Å². The second-order valence-electron chi connectivity index (χ2n) is 6.96. The number of methoxy groups -OCH3 is 1. The van der Waals surface area contributed by atoms with E-state index in [0.717, 1.165) is 5.75 Å². The van der Waals surface area contributed by atoms with Gasteiger partial charge >= 0.3 is 0 Å². The second kappa shape index (κ2) is 6.62. The smallest absolute Gasteiger partial charge is 0.119 e. The number of hydrogen-bond donors (Lipinski definition) is 1. The molecule has 1 aromatic carbocycles. The average molecular weight is 275 g/mol. The molecule has 0 bridgehead atoms. The molecule has 0 saturated heterocycles. The summed E-state index contributed by atoms with van der Waals surface area (Å²) in [6.07, 6.45) is 6.63. The quantitative estimate of drug-likeness (QED) is 0.804. The molecule has 0 heterocycles.